The molecule has 0 aliphatic rings. The first-order chi connectivity index (χ1) is 7.49. The summed E-state index contributed by atoms with van der Waals surface area (Å²) in [5.41, 5.74) is 4.77. The van der Waals surface area contributed by atoms with Gasteiger partial charge in [-0.15, -0.1) is 0 Å². The maximum absolute atomic E-state index is 12.6. The van der Waals surface area contributed by atoms with E-state index < -0.39 is 11.7 Å². The molecule has 0 aromatic heterocycles. The Morgan fingerprint density at radius 1 is 1.31 bits per heavy atom. The van der Waals surface area contributed by atoms with Crippen molar-refractivity contribution in [3.8, 4) is 5.75 Å². The number of benzene rings is 1. The molecule has 0 atom stereocenters. The average molecular weight is 235 g/mol. The maximum atomic E-state index is 12.6. The van der Waals surface area contributed by atoms with Crippen molar-refractivity contribution in [2.75, 3.05) is 13.2 Å². The zero-order valence-corrected chi connectivity index (χ0v) is 8.42. The SMILES string of the molecule is NCc1ccc(OCCO)c(C(F)(F)F)c1. The number of ether oxygens (including phenoxy) is 1. The standard InChI is InChI=1S/C10H12F3NO2/c11-10(12,13)8-5-7(6-14)1-2-9(8)16-4-3-15/h1-2,5,15H,3-4,6,14H2. The molecular weight excluding hydrogens is 223 g/mol. The Balaban J connectivity index is 3.06. The van der Waals surface area contributed by atoms with Crippen molar-refractivity contribution in [3.63, 3.8) is 0 Å². The second-order valence-electron chi connectivity index (χ2n) is 3.10. The molecule has 0 aliphatic carbocycles. The first-order valence-electron chi connectivity index (χ1n) is 4.63. The van der Waals surface area contributed by atoms with Crippen molar-refractivity contribution in [1.82, 2.24) is 0 Å². The molecule has 0 bridgehead atoms. The van der Waals surface area contributed by atoms with E-state index in [4.69, 9.17) is 15.6 Å². The van der Waals surface area contributed by atoms with E-state index in [-0.39, 0.29) is 25.5 Å². The number of hydrogen-bond acceptors (Lipinski definition) is 3. The summed E-state index contributed by atoms with van der Waals surface area (Å²) in [5.74, 6) is -0.293. The predicted molar refractivity (Wildman–Crippen MR) is 51.9 cm³/mol. The first-order valence-corrected chi connectivity index (χ1v) is 4.63. The van der Waals surface area contributed by atoms with Gasteiger partial charge < -0.3 is 15.6 Å². The molecule has 0 saturated heterocycles. The van der Waals surface area contributed by atoms with Crippen LogP contribution in [0, 0.1) is 0 Å². The molecule has 0 aliphatic heterocycles. The summed E-state index contributed by atoms with van der Waals surface area (Å²) >= 11 is 0. The van der Waals surface area contributed by atoms with Gasteiger partial charge in [-0.2, -0.15) is 13.2 Å². The number of aliphatic hydroxyl groups excluding tert-OH is 1. The van der Waals surface area contributed by atoms with Gasteiger partial charge >= 0.3 is 6.18 Å². The van der Waals surface area contributed by atoms with Crippen LogP contribution in [0.1, 0.15) is 11.1 Å². The molecule has 90 valence electrons. The van der Waals surface area contributed by atoms with Crippen molar-refractivity contribution in [2.45, 2.75) is 12.7 Å². The van der Waals surface area contributed by atoms with Gasteiger partial charge in [0.05, 0.1) is 12.2 Å². The van der Waals surface area contributed by atoms with Crippen LogP contribution >= 0.6 is 0 Å². The molecule has 0 saturated carbocycles. The highest BCUT2D eigenvalue weighted by molar-refractivity contribution is 5.39. The molecule has 3 N–H and O–H groups in total. The average Bonchev–Trinajstić information content (AvgIpc) is 2.25. The highest BCUT2D eigenvalue weighted by Crippen LogP contribution is 2.36. The van der Waals surface area contributed by atoms with Crippen LogP contribution in [0.2, 0.25) is 0 Å². The van der Waals surface area contributed by atoms with E-state index >= 15 is 0 Å². The zero-order chi connectivity index (χ0) is 12.2. The minimum atomic E-state index is -4.49. The van der Waals surface area contributed by atoms with E-state index in [0.29, 0.717) is 5.56 Å². The Bertz CT molecular complexity index is 352. The normalized spacial score (nSPS) is 11.6. The summed E-state index contributed by atoms with van der Waals surface area (Å²) in [6.07, 6.45) is -4.49. The van der Waals surface area contributed by atoms with Gasteiger partial charge in [-0.3, -0.25) is 0 Å². The topological polar surface area (TPSA) is 55.5 Å². The lowest BCUT2D eigenvalue weighted by Crippen LogP contribution is -2.12. The van der Waals surface area contributed by atoms with Crippen LogP contribution in [-0.2, 0) is 12.7 Å². The van der Waals surface area contributed by atoms with Gasteiger partial charge in [-0.1, -0.05) is 6.07 Å². The molecule has 1 aromatic rings. The Kier molecular flexibility index (Phi) is 4.14. The van der Waals surface area contributed by atoms with Crippen LogP contribution in [0.5, 0.6) is 5.75 Å². The second kappa shape index (κ2) is 5.18. The van der Waals surface area contributed by atoms with E-state index in [1.165, 1.54) is 12.1 Å². The van der Waals surface area contributed by atoms with Crippen molar-refractivity contribution in [2.24, 2.45) is 5.73 Å². The molecule has 6 heteroatoms. The first kappa shape index (κ1) is 12.8. The quantitative estimate of drug-likeness (QED) is 0.832. The summed E-state index contributed by atoms with van der Waals surface area (Å²) in [6, 6.07) is 3.62. The summed E-state index contributed by atoms with van der Waals surface area (Å²) in [6.45, 7) is -0.482. The van der Waals surface area contributed by atoms with E-state index in [1.54, 1.807) is 0 Å². The van der Waals surface area contributed by atoms with Crippen LogP contribution in [-0.4, -0.2) is 18.3 Å². The summed E-state index contributed by atoms with van der Waals surface area (Å²) < 4.78 is 42.6. The zero-order valence-electron chi connectivity index (χ0n) is 8.42. The molecule has 0 radical (unpaired) electrons. The minimum absolute atomic E-state index is 0.0311. The number of rotatable bonds is 4. The molecule has 0 spiro atoms. The molecule has 1 aromatic carbocycles. The van der Waals surface area contributed by atoms with Gasteiger partial charge in [-0.25, -0.2) is 0 Å². The summed E-state index contributed by atoms with van der Waals surface area (Å²) in [7, 11) is 0. The van der Waals surface area contributed by atoms with Crippen LogP contribution in [0.25, 0.3) is 0 Å². The Labute approximate surface area is 90.6 Å². The molecular formula is C10H12F3NO2. The fourth-order valence-corrected chi connectivity index (χ4v) is 1.21. The summed E-state index contributed by atoms with van der Waals surface area (Å²) in [5, 5.41) is 8.50. The lowest BCUT2D eigenvalue weighted by molar-refractivity contribution is -0.139. The van der Waals surface area contributed by atoms with Gasteiger partial charge in [0.1, 0.15) is 12.4 Å². The molecule has 0 unspecified atom stereocenters. The number of aliphatic hydroxyl groups is 1. The maximum Gasteiger partial charge on any atom is 0.419 e. The Morgan fingerprint density at radius 2 is 2.00 bits per heavy atom. The molecule has 0 fully saturated rings. The van der Waals surface area contributed by atoms with Gasteiger partial charge in [0.2, 0.25) is 0 Å². The van der Waals surface area contributed by atoms with Crippen molar-refractivity contribution in [1.29, 1.82) is 0 Å². The van der Waals surface area contributed by atoms with E-state index in [0.717, 1.165) is 6.07 Å². The smallest absolute Gasteiger partial charge is 0.419 e. The monoisotopic (exact) mass is 235 g/mol. The fourth-order valence-electron chi connectivity index (χ4n) is 1.21. The predicted octanol–water partition coefficient (Wildman–Crippen LogP) is 1.54. The fraction of sp³-hybridized carbons (Fsp3) is 0.400. The van der Waals surface area contributed by atoms with E-state index in [2.05, 4.69) is 0 Å². The third-order valence-corrected chi connectivity index (χ3v) is 1.93. The van der Waals surface area contributed by atoms with Crippen LogP contribution in [0.15, 0.2) is 18.2 Å². The van der Waals surface area contributed by atoms with E-state index in [1.807, 2.05) is 0 Å². The molecule has 3 nitrogen and oxygen atoms in total. The number of nitrogens with two attached hydrogens (primary N) is 1. The molecule has 1 rings (SSSR count). The van der Waals surface area contributed by atoms with Crippen molar-refractivity contribution in [3.05, 3.63) is 29.3 Å². The van der Waals surface area contributed by atoms with Gasteiger partial charge in [-0.05, 0) is 17.7 Å². The second-order valence-corrected chi connectivity index (χ2v) is 3.10. The third kappa shape index (κ3) is 3.11. The molecule has 16 heavy (non-hydrogen) atoms. The van der Waals surface area contributed by atoms with E-state index in [9.17, 15) is 13.2 Å². The Hall–Kier alpha value is -1.27. The van der Waals surface area contributed by atoms with Crippen molar-refractivity contribution >= 4 is 0 Å². The van der Waals surface area contributed by atoms with Crippen molar-refractivity contribution < 1.29 is 23.0 Å². The lowest BCUT2D eigenvalue weighted by atomic mass is 10.1. The molecule has 0 heterocycles. The third-order valence-electron chi connectivity index (χ3n) is 1.93. The van der Waals surface area contributed by atoms with Crippen LogP contribution in [0.4, 0.5) is 13.2 Å². The number of halogens is 3. The lowest BCUT2D eigenvalue weighted by Gasteiger charge is -2.14. The number of hydrogen-bond donors (Lipinski definition) is 2. The van der Waals surface area contributed by atoms with Gasteiger partial charge in [0.15, 0.2) is 0 Å². The summed E-state index contributed by atoms with van der Waals surface area (Å²) in [4.78, 5) is 0. The van der Waals surface area contributed by atoms with Crippen LogP contribution in [0.3, 0.4) is 0 Å². The van der Waals surface area contributed by atoms with Crippen LogP contribution < -0.4 is 10.5 Å². The Morgan fingerprint density at radius 3 is 2.50 bits per heavy atom. The van der Waals surface area contributed by atoms with Gasteiger partial charge in [0, 0.05) is 6.54 Å². The minimum Gasteiger partial charge on any atom is -0.491 e. The number of alkyl halides is 3. The highest BCUT2D eigenvalue weighted by atomic mass is 19.4. The largest absolute Gasteiger partial charge is 0.491 e. The highest BCUT2D eigenvalue weighted by Gasteiger charge is 2.34. The molecule has 0 amide bonds. The van der Waals surface area contributed by atoms with Gasteiger partial charge in [0.25, 0.3) is 0 Å².